The number of Topliss-reactive ketones (excluding diaryl/α,β-unsaturated/α-hetero) is 2. The van der Waals surface area contributed by atoms with E-state index in [9.17, 15) is 14.4 Å². The molecule has 0 bridgehead atoms. The summed E-state index contributed by atoms with van der Waals surface area (Å²) in [5.41, 5.74) is 5.52. The number of ketones is 2. The standard InChI is InChI=1S/C11H19NO4/c1-4-8(13)5-9(14)6-16-11(15)10(12)7(2)3/h7,10H,4-6,12H2,1-3H3/t10-/m0/s1. The molecule has 0 spiro atoms. The van der Waals surface area contributed by atoms with Crippen LogP contribution in [0.5, 0.6) is 0 Å². The van der Waals surface area contributed by atoms with Gasteiger partial charge >= 0.3 is 5.97 Å². The molecule has 0 radical (unpaired) electrons. The van der Waals surface area contributed by atoms with Crippen molar-refractivity contribution in [2.45, 2.75) is 39.7 Å². The first-order valence-electron chi connectivity index (χ1n) is 5.34. The van der Waals surface area contributed by atoms with E-state index in [0.29, 0.717) is 6.42 Å². The normalized spacial score (nSPS) is 12.3. The largest absolute Gasteiger partial charge is 0.457 e. The molecular formula is C11H19NO4. The molecule has 0 aromatic heterocycles. The van der Waals surface area contributed by atoms with Crippen molar-refractivity contribution in [3.63, 3.8) is 0 Å². The maximum atomic E-state index is 11.3. The highest BCUT2D eigenvalue weighted by Crippen LogP contribution is 2.01. The minimum absolute atomic E-state index is 0.0418. The van der Waals surface area contributed by atoms with Gasteiger partial charge in [-0.15, -0.1) is 0 Å². The highest BCUT2D eigenvalue weighted by Gasteiger charge is 2.20. The van der Waals surface area contributed by atoms with E-state index in [1.807, 2.05) is 0 Å². The van der Waals surface area contributed by atoms with Crippen LogP contribution >= 0.6 is 0 Å². The van der Waals surface area contributed by atoms with Crippen LogP contribution in [0.2, 0.25) is 0 Å². The number of carbonyl (C=O) groups is 3. The predicted octanol–water partition coefficient (Wildman–Crippen LogP) is 0.451. The molecule has 0 saturated carbocycles. The van der Waals surface area contributed by atoms with Crippen molar-refractivity contribution in [1.29, 1.82) is 0 Å². The van der Waals surface area contributed by atoms with Crippen molar-refractivity contribution in [3.05, 3.63) is 0 Å². The second-order valence-corrected chi connectivity index (χ2v) is 3.99. The molecule has 0 saturated heterocycles. The van der Waals surface area contributed by atoms with Crippen molar-refractivity contribution in [3.8, 4) is 0 Å². The van der Waals surface area contributed by atoms with Crippen LogP contribution in [-0.4, -0.2) is 30.2 Å². The van der Waals surface area contributed by atoms with E-state index < -0.39 is 17.8 Å². The predicted molar refractivity (Wildman–Crippen MR) is 58.7 cm³/mol. The van der Waals surface area contributed by atoms with Crippen LogP contribution < -0.4 is 5.73 Å². The van der Waals surface area contributed by atoms with E-state index in [4.69, 9.17) is 10.5 Å². The van der Waals surface area contributed by atoms with E-state index in [0.717, 1.165) is 0 Å². The maximum Gasteiger partial charge on any atom is 0.323 e. The molecule has 0 unspecified atom stereocenters. The molecule has 0 rings (SSSR count). The van der Waals surface area contributed by atoms with Gasteiger partial charge in [0.25, 0.3) is 0 Å². The lowest BCUT2D eigenvalue weighted by Crippen LogP contribution is -2.37. The quantitative estimate of drug-likeness (QED) is 0.506. The third-order valence-corrected chi connectivity index (χ3v) is 2.15. The van der Waals surface area contributed by atoms with E-state index in [2.05, 4.69) is 0 Å². The van der Waals surface area contributed by atoms with Gasteiger partial charge < -0.3 is 10.5 Å². The van der Waals surface area contributed by atoms with Crippen molar-refractivity contribution in [1.82, 2.24) is 0 Å². The van der Waals surface area contributed by atoms with E-state index in [1.165, 1.54) is 0 Å². The van der Waals surface area contributed by atoms with Crippen LogP contribution in [0.3, 0.4) is 0 Å². The summed E-state index contributed by atoms with van der Waals surface area (Å²) in [5.74, 6) is -1.20. The molecule has 0 aliphatic rings. The molecular weight excluding hydrogens is 210 g/mol. The average Bonchev–Trinajstić information content (AvgIpc) is 2.24. The van der Waals surface area contributed by atoms with Crippen molar-refractivity contribution in [2.75, 3.05) is 6.61 Å². The molecule has 0 heterocycles. The lowest BCUT2D eigenvalue weighted by atomic mass is 10.1. The Hall–Kier alpha value is -1.23. The van der Waals surface area contributed by atoms with Crippen molar-refractivity contribution < 1.29 is 19.1 Å². The lowest BCUT2D eigenvalue weighted by molar-refractivity contribution is -0.150. The first kappa shape index (κ1) is 14.8. The van der Waals surface area contributed by atoms with Crippen LogP contribution in [0.4, 0.5) is 0 Å². The van der Waals surface area contributed by atoms with Gasteiger partial charge in [-0.25, -0.2) is 0 Å². The van der Waals surface area contributed by atoms with Gasteiger partial charge in [-0.2, -0.15) is 0 Å². The van der Waals surface area contributed by atoms with E-state index >= 15 is 0 Å². The Morgan fingerprint density at radius 1 is 1.19 bits per heavy atom. The number of nitrogens with two attached hydrogens (primary N) is 1. The van der Waals surface area contributed by atoms with Crippen molar-refractivity contribution >= 4 is 17.5 Å². The Labute approximate surface area is 95.3 Å². The second kappa shape index (κ2) is 7.11. The molecule has 0 aromatic carbocycles. The Morgan fingerprint density at radius 3 is 2.19 bits per heavy atom. The zero-order chi connectivity index (χ0) is 12.7. The van der Waals surface area contributed by atoms with Gasteiger partial charge in [0, 0.05) is 6.42 Å². The fourth-order valence-corrected chi connectivity index (χ4v) is 0.916. The summed E-state index contributed by atoms with van der Waals surface area (Å²) in [5, 5.41) is 0. The summed E-state index contributed by atoms with van der Waals surface area (Å²) >= 11 is 0. The molecule has 1 atom stereocenters. The summed E-state index contributed by atoms with van der Waals surface area (Å²) < 4.78 is 4.71. The minimum atomic E-state index is -0.727. The average molecular weight is 229 g/mol. The molecule has 0 fully saturated rings. The SMILES string of the molecule is CCC(=O)CC(=O)COC(=O)[C@@H](N)C(C)C. The number of ether oxygens (including phenoxy) is 1. The smallest absolute Gasteiger partial charge is 0.323 e. The van der Waals surface area contributed by atoms with Gasteiger partial charge in [0.2, 0.25) is 0 Å². The van der Waals surface area contributed by atoms with Gasteiger partial charge in [0.05, 0.1) is 6.42 Å². The molecule has 16 heavy (non-hydrogen) atoms. The van der Waals surface area contributed by atoms with Crippen molar-refractivity contribution in [2.24, 2.45) is 11.7 Å². The minimum Gasteiger partial charge on any atom is -0.457 e. The second-order valence-electron chi connectivity index (χ2n) is 3.99. The zero-order valence-electron chi connectivity index (χ0n) is 9.99. The molecule has 0 aliphatic heterocycles. The van der Waals surface area contributed by atoms with Gasteiger partial charge in [-0.05, 0) is 5.92 Å². The molecule has 2 N–H and O–H groups in total. The summed E-state index contributed by atoms with van der Waals surface area (Å²) in [4.78, 5) is 33.4. The summed E-state index contributed by atoms with van der Waals surface area (Å²) in [7, 11) is 0. The molecule has 0 aromatic rings. The summed E-state index contributed by atoms with van der Waals surface area (Å²) in [6.07, 6.45) is 0.131. The number of esters is 1. The fraction of sp³-hybridized carbons (Fsp3) is 0.727. The Morgan fingerprint density at radius 2 is 1.75 bits per heavy atom. The lowest BCUT2D eigenvalue weighted by Gasteiger charge is -2.13. The monoisotopic (exact) mass is 229 g/mol. The van der Waals surface area contributed by atoms with Crippen LogP contribution in [0.15, 0.2) is 0 Å². The number of carbonyl (C=O) groups excluding carboxylic acids is 3. The van der Waals surface area contributed by atoms with Gasteiger partial charge in [0.15, 0.2) is 5.78 Å². The summed E-state index contributed by atoms with van der Waals surface area (Å²) in [6.45, 7) is 4.88. The van der Waals surface area contributed by atoms with Gasteiger partial charge in [-0.3, -0.25) is 14.4 Å². The van der Waals surface area contributed by atoms with Gasteiger partial charge in [0.1, 0.15) is 18.4 Å². The third-order valence-electron chi connectivity index (χ3n) is 2.15. The molecule has 5 nitrogen and oxygen atoms in total. The van der Waals surface area contributed by atoms with Gasteiger partial charge in [-0.1, -0.05) is 20.8 Å². The highest BCUT2D eigenvalue weighted by atomic mass is 16.5. The molecule has 5 heteroatoms. The molecule has 0 amide bonds. The number of hydrogen-bond donors (Lipinski definition) is 1. The Balaban J connectivity index is 3.93. The first-order chi connectivity index (χ1) is 7.38. The fourth-order valence-electron chi connectivity index (χ4n) is 0.916. The molecule has 92 valence electrons. The number of hydrogen-bond acceptors (Lipinski definition) is 5. The van der Waals surface area contributed by atoms with E-state index in [-0.39, 0.29) is 24.7 Å². The van der Waals surface area contributed by atoms with Crippen LogP contribution in [0.25, 0.3) is 0 Å². The maximum absolute atomic E-state index is 11.3. The highest BCUT2D eigenvalue weighted by molar-refractivity contribution is 6.00. The molecule has 0 aliphatic carbocycles. The van der Waals surface area contributed by atoms with Crippen LogP contribution in [-0.2, 0) is 19.1 Å². The topological polar surface area (TPSA) is 86.5 Å². The zero-order valence-corrected chi connectivity index (χ0v) is 9.99. The van der Waals surface area contributed by atoms with E-state index in [1.54, 1.807) is 20.8 Å². The van der Waals surface area contributed by atoms with Crippen LogP contribution in [0.1, 0.15) is 33.6 Å². The third kappa shape index (κ3) is 5.60. The Bertz CT molecular complexity index is 273. The first-order valence-corrected chi connectivity index (χ1v) is 5.34. The summed E-state index contributed by atoms with van der Waals surface area (Å²) in [6, 6.07) is -0.727. The van der Waals surface area contributed by atoms with Crippen LogP contribution in [0, 0.1) is 5.92 Å². The Kier molecular flexibility index (Phi) is 6.56. The number of rotatable bonds is 7.